The molecular formula is C18H25N5O2. The van der Waals surface area contributed by atoms with Gasteiger partial charge in [-0.1, -0.05) is 6.07 Å². The molecule has 1 heterocycles. The number of nitrogens with one attached hydrogen (secondary N) is 2. The van der Waals surface area contributed by atoms with Crippen molar-refractivity contribution in [1.29, 1.82) is 0 Å². The third kappa shape index (κ3) is 4.80. The molecule has 1 aliphatic carbocycles. The maximum absolute atomic E-state index is 12.1. The fourth-order valence-corrected chi connectivity index (χ4v) is 3.17. The van der Waals surface area contributed by atoms with Crippen LogP contribution >= 0.6 is 0 Å². The van der Waals surface area contributed by atoms with Crippen molar-refractivity contribution in [3.8, 4) is 0 Å². The minimum absolute atomic E-state index is 0.300. The molecule has 0 radical (unpaired) electrons. The number of carbonyl (C=O) groups is 1. The predicted octanol–water partition coefficient (Wildman–Crippen LogP) is 1.94. The highest BCUT2D eigenvalue weighted by Crippen LogP contribution is 2.24. The van der Waals surface area contributed by atoms with E-state index in [0.717, 1.165) is 18.5 Å². The number of aromatic nitrogens is 2. The van der Waals surface area contributed by atoms with Gasteiger partial charge in [0, 0.05) is 18.4 Å². The maximum Gasteiger partial charge on any atom is 0.323 e. The van der Waals surface area contributed by atoms with Gasteiger partial charge in [0.15, 0.2) is 0 Å². The average Bonchev–Trinajstić information content (AvgIpc) is 3.15. The van der Waals surface area contributed by atoms with Crippen molar-refractivity contribution >= 4 is 17.4 Å². The number of rotatable bonds is 6. The number of aryl methyl sites for hydroxylation is 2. The Morgan fingerprint density at radius 3 is 2.84 bits per heavy atom. The van der Waals surface area contributed by atoms with Crippen LogP contribution in [-0.4, -0.2) is 52.6 Å². The van der Waals surface area contributed by atoms with E-state index >= 15 is 0 Å². The van der Waals surface area contributed by atoms with Crippen molar-refractivity contribution in [3.05, 3.63) is 41.7 Å². The number of hydrogen-bond donors (Lipinski definition) is 3. The molecule has 3 rings (SSSR count). The molecule has 0 fully saturated rings. The molecule has 25 heavy (non-hydrogen) atoms. The van der Waals surface area contributed by atoms with E-state index < -0.39 is 6.10 Å². The molecule has 2 aromatic rings. The standard InChI is InChI=1S/C18H25N5O2/c1-22(2)11-17(24)12-23-10-16(9-19-23)21-18(25)20-15-7-6-13-4-3-5-14(13)8-15/h6-10,17,24H,3-5,11-12H2,1-2H3,(H2,20,21,25). The van der Waals surface area contributed by atoms with Crippen LogP contribution < -0.4 is 10.6 Å². The Labute approximate surface area is 147 Å². The Bertz CT molecular complexity index is 741. The van der Waals surface area contributed by atoms with Gasteiger partial charge < -0.3 is 20.6 Å². The molecule has 7 heteroatoms. The molecule has 0 saturated heterocycles. The number of benzene rings is 1. The Hall–Kier alpha value is -2.38. The lowest BCUT2D eigenvalue weighted by Crippen LogP contribution is -2.29. The molecule has 1 unspecified atom stereocenters. The lowest BCUT2D eigenvalue weighted by atomic mass is 10.1. The van der Waals surface area contributed by atoms with E-state index in [0.29, 0.717) is 18.8 Å². The van der Waals surface area contributed by atoms with Gasteiger partial charge in [-0.2, -0.15) is 5.10 Å². The second-order valence-corrected chi connectivity index (χ2v) is 6.78. The lowest BCUT2D eigenvalue weighted by Gasteiger charge is -2.15. The summed E-state index contributed by atoms with van der Waals surface area (Å²) in [6.07, 6.45) is 6.16. The molecule has 1 aliphatic rings. The molecule has 0 aliphatic heterocycles. The average molecular weight is 343 g/mol. The summed E-state index contributed by atoms with van der Waals surface area (Å²) in [6, 6.07) is 5.77. The Kier molecular flexibility index (Phi) is 5.35. The fraction of sp³-hybridized carbons (Fsp3) is 0.444. The number of nitrogens with zero attached hydrogens (tertiary/aromatic N) is 3. The Morgan fingerprint density at radius 2 is 2.04 bits per heavy atom. The van der Waals surface area contributed by atoms with Gasteiger partial charge in [0.1, 0.15) is 0 Å². The molecule has 0 spiro atoms. The molecule has 1 aromatic carbocycles. The number of aliphatic hydroxyl groups excluding tert-OH is 1. The van der Waals surface area contributed by atoms with Crippen LogP contribution in [0.15, 0.2) is 30.6 Å². The largest absolute Gasteiger partial charge is 0.390 e. The number of carbonyl (C=O) groups excluding carboxylic acids is 1. The molecule has 0 saturated carbocycles. The van der Waals surface area contributed by atoms with Crippen molar-refractivity contribution in [3.63, 3.8) is 0 Å². The fourth-order valence-electron chi connectivity index (χ4n) is 3.17. The van der Waals surface area contributed by atoms with Gasteiger partial charge in [-0.05, 0) is 56.6 Å². The summed E-state index contributed by atoms with van der Waals surface area (Å²) >= 11 is 0. The second kappa shape index (κ2) is 7.67. The first-order valence-electron chi connectivity index (χ1n) is 8.54. The first kappa shape index (κ1) is 17.4. The van der Waals surface area contributed by atoms with Gasteiger partial charge >= 0.3 is 6.03 Å². The summed E-state index contributed by atoms with van der Waals surface area (Å²) < 4.78 is 1.62. The van der Waals surface area contributed by atoms with Crippen LogP contribution in [0.1, 0.15) is 17.5 Å². The summed E-state index contributed by atoms with van der Waals surface area (Å²) in [5.74, 6) is 0. The summed E-state index contributed by atoms with van der Waals surface area (Å²) in [6.45, 7) is 0.938. The third-order valence-corrected chi connectivity index (χ3v) is 4.22. The normalized spacial score (nSPS) is 14.4. The van der Waals surface area contributed by atoms with E-state index in [4.69, 9.17) is 0 Å². The quantitative estimate of drug-likeness (QED) is 0.749. The van der Waals surface area contributed by atoms with Crippen LogP contribution in [-0.2, 0) is 19.4 Å². The molecule has 1 aromatic heterocycles. The van der Waals surface area contributed by atoms with Crippen molar-refractivity contribution in [2.45, 2.75) is 31.9 Å². The zero-order valence-corrected chi connectivity index (χ0v) is 14.7. The van der Waals surface area contributed by atoms with Gasteiger partial charge in [-0.25, -0.2) is 4.79 Å². The second-order valence-electron chi connectivity index (χ2n) is 6.78. The van der Waals surface area contributed by atoms with Crippen LogP contribution in [0.5, 0.6) is 0 Å². The van der Waals surface area contributed by atoms with Crippen molar-refractivity contribution < 1.29 is 9.90 Å². The van der Waals surface area contributed by atoms with Crippen LogP contribution in [0.3, 0.4) is 0 Å². The van der Waals surface area contributed by atoms with E-state index in [9.17, 15) is 9.90 Å². The number of amides is 2. The number of aliphatic hydroxyl groups is 1. The van der Waals surface area contributed by atoms with E-state index in [-0.39, 0.29) is 6.03 Å². The zero-order chi connectivity index (χ0) is 17.8. The minimum Gasteiger partial charge on any atom is -0.390 e. The maximum atomic E-state index is 12.1. The minimum atomic E-state index is -0.511. The molecule has 0 bridgehead atoms. The van der Waals surface area contributed by atoms with Crippen LogP contribution in [0, 0.1) is 0 Å². The number of likely N-dealkylation sites (N-methyl/N-ethyl adjacent to an activating group) is 1. The van der Waals surface area contributed by atoms with E-state index in [1.165, 1.54) is 17.5 Å². The molecule has 7 nitrogen and oxygen atoms in total. The molecule has 1 atom stereocenters. The number of anilines is 2. The summed E-state index contributed by atoms with van der Waals surface area (Å²) in [7, 11) is 3.81. The molecule has 134 valence electrons. The van der Waals surface area contributed by atoms with Crippen molar-refractivity contribution in [2.75, 3.05) is 31.3 Å². The summed E-state index contributed by atoms with van der Waals surface area (Å²) in [4.78, 5) is 14.1. The van der Waals surface area contributed by atoms with Crippen molar-refractivity contribution in [2.24, 2.45) is 0 Å². The highest BCUT2D eigenvalue weighted by atomic mass is 16.3. The number of fused-ring (bicyclic) bond motifs is 1. The zero-order valence-electron chi connectivity index (χ0n) is 14.7. The molecular weight excluding hydrogens is 318 g/mol. The van der Waals surface area contributed by atoms with Gasteiger partial charge in [0.05, 0.1) is 24.5 Å². The summed E-state index contributed by atoms with van der Waals surface area (Å²) in [5, 5.41) is 19.7. The summed E-state index contributed by atoms with van der Waals surface area (Å²) in [5.41, 5.74) is 4.09. The monoisotopic (exact) mass is 343 g/mol. The van der Waals surface area contributed by atoms with Gasteiger partial charge in [0.2, 0.25) is 0 Å². The first-order chi connectivity index (χ1) is 12.0. The lowest BCUT2D eigenvalue weighted by molar-refractivity contribution is 0.116. The first-order valence-corrected chi connectivity index (χ1v) is 8.54. The molecule has 2 amide bonds. The van der Waals surface area contributed by atoms with Gasteiger partial charge in [-0.15, -0.1) is 0 Å². The van der Waals surface area contributed by atoms with Crippen molar-refractivity contribution in [1.82, 2.24) is 14.7 Å². The van der Waals surface area contributed by atoms with E-state index in [1.54, 1.807) is 17.1 Å². The Morgan fingerprint density at radius 1 is 1.28 bits per heavy atom. The predicted molar refractivity (Wildman–Crippen MR) is 97.9 cm³/mol. The van der Waals surface area contributed by atoms with Crippen LogP contribution in [0.25, 0.3) is 0 Å². The van der Waals surface area contributed by atoms with Crippen LogP contribution in [0.4, 0.5) is 16.2 Å². The van der Waals surface area contributed by atoms with E-state index in [1.807, 2.05) is 31.1 Å². The van der Waals surface area contributed by atoms with Gasteiger partial charge in [0.25, 0.3) is 0 Å². The number of hydrogen-bond acceptors (Lipinski definition) is 4. The van der Waals surface area contributed by atoms with Crippen LogP contribution in [0.2, 0.25) is 0 Å². The smallest absolute Gasteiger partial charge is 0.323 e. The van der Waals surface area contributed by atoms with Gasteiger partial charge in [-0.3, -0.25) is 4.68 Å². The number of urea groups is 1. The Balaban J connectivity index is 1.53. The highest BCUT2D eigenvalue weighted by molar-refractivity contribution is 5.99. The SMILES string of the molecule is CN(C)CC(O)Cn1cc(NC(=O)Nc2ccc3c(c2)CCC3)cn1. The topological polar surface area (TPSA) is 82.4 Å². The highest BCUT2D eigenvalue weighted by Gasteiger charge is 2.12. The van der Waals surface area contributed by atoms with E-state index in [2.05, 4.69) is 21.8 Å². The molecule has 3 N–H and O–H groups in total. The third-order valence-electron chi connectivity index (χ3n) is 4.22.